The van der Waals surface area contributed by atoms with Crippen molar-refractivity contribution in [2.24, 2.45) is 11.5 Å². The van der Waals surface area contributed by atoms with E-state index in [4.69, 9.17) is 11.5 Å². The van der Waals surface area contributed by atoms with Gasteiger partial charge in [-0.15, -0.1) is 0 Å². The van der Waals surface area contributed by atoms with Crippen LogP contribution >= 0.6 is 0 Å². The van der Waals surface area contributed by atoms with Gasteiger partial charge in [-0.2, -0.15) is 0 Å². The van der Waals surface area contributed by atoms with Crippen LogP contribution in [-0.4, -0.2) is 6.54 Å². The molecule has 0 aromatic carbocycles. The van der Waals surface area contributed by atoms with Gasteiger partial charge in [-0.05, 0) is 18.9 Å². The van der Waals surface area contributed by atoms with Crippen LogP contribution in [0.15, 0.2) is 11.3 Å². The lowest BCUT2D eigenvalue weighted by atomic mass is 10.2. The first-order valence-electron chi connectivity index (χ1n) is 2.86. The van der Waals surface area contributed by atoms with Crippen LogP contribution in [-0.2, 0) is 0 Å². The molecule has 2 heteroatoms. The Bertz CT molecular complexity index is 84.7. The molecule has 0 fully saturated rings. The van der Waals surface area contributed by atoms with E-state index in [0.29, 0.717) is 6.54 Å². The van der Waals surface area contributed by atoms with Crippen molar-refractivity contribution in [2.75, 3.05) is 6.54 Å². The summed E-state index contributed by atoms with van der Waals surface area (Å²) in [4.78, 5) is 0. The molecule has 0 aliphatic heterocycles. The second-order valence-electron chi connectivity index (χ2n) is 1.84. The Kier molecular flexibility index (Phi) is 3.28. The number of hydrogen-bond donors (Lipinski definition) is 2. The quantitative estimate of drug-likeness (QED) is 0.552. The molecule has 48 valence electrons. The SMILES string of the molecule is CC/C(CN)=C(/C)N. The molecule has 2 nitrogen and oxygen atoms in total. The fourth-order valence-corrected chi connectivity index (χ4v) is 0.584. The predicted molar refractivity (Wildman–Crippen MR) is 36.2 cm³/mol. The van der Waals surface area contributed by atoms with E-state index in [1.807, 2.05) is 6.92 Å². The van der Waals surface area contributed by atoms with Crippen molar-refractivity contribution in [3.8, 4) is 0 Å². The zero-order valence-corrected chi connectivity index (χ0v) is 5.57. The minimum absolute atomic E-state index is 0.596. The van der Waals surface area contributed by atoms with Gasteiger partial charge in [0, 0.05) is 12.2 Å². The first-order valence-corrected chi connectivity index (χ1v) is 2.86. The fourth-order valence-electron chi connectivity index (χ4n) is 0.584. The van der Waals surface area contributed by atoms with Crippen LogP contribution in [0.25, 0.3) is 0 Å². The molecular weight excluding hydrogens is 100 g/mol. The molecule has 0 bridgehead atoms. The van der Waals surface area contributed by atoms with E-state index >= 15 is 0 Å². The van der Waals surface area contributed by atoms with Gasteiger partial charge in [-0.25, -0.2) is 0 Å². The molecule has 0 rings (SSSR count). The Morgan fingerprint density at radius 3 is 2.00 bits per heavy atom. The average Bonchev–Trinajstić information content (AvgIpc) is 1.69. The van der Waals surface area contributed by atoms with E-state index in [-0.39, 0.29) is 0 Å². The van der Waals surface area contributed by atoms with Crippen LogP contribution in [0.2, 0.25) is 0 Å². The van der Waals surface area contributed by atoms with Gasteiger partial charge in [0.05, 0.1) is 0 Å². The highest BCUT2D eigenvalue weighted by Crippen LogP contribution is 1.99. The van der Waals surface area contributed by atoms with Crippen molar-refractivity contribution in [3.05, 3.63) is 11.3 Å². The van der Waals surface area contributed by atoms with Gasteiger partial charge in [-0.1, -0.05) is 6.92 Å². The van der Waals surface area contributed by atoms with Gasteiger partial charge in [0.2, 0.25) is 0 Å². The van der Waals surface area contributed by atoms with Crippen molar-refractivity contribution in [3.63, 3.8) is 0 Å². The maximum absolute atomic E-state index is 5.46. The standard InChI is InChI=1S/C6H14N2/c1-3-6(4-7)5(2)8/h3-4,7-8H2,1-2H3/b6-5+. The summed E-state index contributed by atoms with van der Waals surface area (Å²) < 4.78 is 0. The smallest absolute Gasteiger partial charge is 0.0156 e. The van der Waals surface area contributed by atoms with Crippen molar-refractivity contribution >= 4 is 0 Å². The first-order chi connectivity index (χ1) is 3.72. The molecule has 0 spiro atoms. The van der Waals surface area contributed by atoms with E-state index in [9.17, 15) is 0 Å². The maximum Gasteiger partial charge on any atom is 0.0156 e. The number of hydrogen-bond acceptors (Lipinski definition) is 2. The minimum atomic E-state index is 0.596. The van der Waals surface area contributed by atoms with Crippen molar-refractivity contribution in [1.29, 1.82) is 0 Å². The lowest BCUT2D eigenvalue weighted by Gasteiger charge is -2.00. The Labute approximate surface area is 50.6 Å². The molecular formula is C6H14N2. The van der Waals surface area contributed by atoms with Gasteiger partial charge < -0.3 is 11.5 Å². The molecule has 4 N–H and O–H groups in total. The Hall–Kier alpha value is -0.500. The molecule has 8 heavy (non-hydrogen) atoms. The molecule has 0 atom stereocenters. The van der Waals surface area contributed by atoms with Crippen LogP contribution in [0.5, 0.6) is 0 Å². The minimum Gasteiger partial charge on any atom is -0.402 e. The highest BCUT2D eigenvalue weighted by atomic mass is 14.6. The summed E-state index contributed by atoms with van der Waals surface area (Å²) in [5, 5.41) is 0. The molecule has 0 aliphatic rings. The van der Waals surface area contributed by atoms with Crippen LogP contribution < -0.4 is 11.5 Å². The summed E-state index contributed by atoms with van der Waals surface area (Å²) >= 11 is 0. The normalized spacial score (nSPS) is 13.4. The van der Waals surface area contributed by atoms with E-state index in [1.54, 1.807) is 0 Å². The van der Waals surface area contributed by atoms with Crippen LogP contribution in [0.3, 0.4) is 0 Å². The number of rotatable bonds is 2. The zero-order chi connectivity index (χ0) is 6.57. The number of nitrogens with two attached hydrogens (primary N) is 2. The predicted octanol–water partition coefficient (Wildman–Crippen LogP) is 0.588. The highest BCUT2D eigenvalue weighted by molar-refractivity contribution is 5.08. The van der Waals surface area contributed by atoms with E-state index in [0.717, 1.165) is 17.7 Å². The Morgan fingerprint density at radius 1 is 1.50 bits per heavy atom. The maximum atomic E-state index is 5.46. The van der Waals surface area contributed by atoms with Gasteiger partial charge in [-0.3, -0.25) is 0 Å². The summed E-state index contributed by atoms with van der Waals surface area (Å²) in [5.74, 6) is 0. The van der Waals surface area contributed by atoms with Crippen LogP contribution in [0, 0.1) is 0 Å². The Balaban J connectivity index is 3.86. The molecule has 0 aliphatic carbocycles. The molecule has 0 amide bonds. The zero-order valence-electron chi connectivity index (χ0n) is 5.57. The highest BCUT2D eigenvalue weighted by Gasteiger charge is 1.90. The average molecular weight is 114 g/mol. The lowest BCUT2D eigenvalue weighted by Crippen LogP contribution is -2.08. The molecule has 0 saturated heterocycles. The van der Waals surface area contributed by atoms with Crippen LogP contribution in [0.1, 0.15) is 20.3 Å². The third-order valence-electron chi connectivity index (χ3n) is 1.23. The van der Waals surface area contributed by atoms with Crippen LogP contribution in [0.4, 0.5) is 0 Å². The van der Waals surface area contributed by atoms with E-state index in [2.05, 4.69) is 6.92 Å². The molecule has 0 unspecified atom stereocenters. The summed E-state index contributed by atoms with van der Waals surface area (Å²) in [7, 11) is 0. The van der Waals surface area contributed by atoms with E-state index in [1.165, 1.54) is 0 Å². The van der Waals surface area contributed by atoms with Crippen molar-refractivity contribution in [2.45, 2.75) is 20.3 Å². The van der Waals surface area contributed by atoms with E-state index < -0.39 is 0 Å². The van der Waals surface area contributed by atoms with Gasteiger partial charge >= 0.3 is 0 Å². The second kappa shape index (κ2) is 3.50. The Morgan fingerprint density at radius 2 is 2.00 bits per heavy atom. The lowest BCUT2D eigenvalue weighted by molar-refractivity contribution is 0.965. The first kappa shape index (κ1) is 7.50. The third kappa shape index (κ3) is 1.98. The van der Waals surface area contributed by atoms with Gasteiger partial charge in [0.1, 0.15) is 0 Å². The summed E-state index contributed by atoms with van der Waals surface area (Å²) in [5.41, 5.74) is 12.8. The fraction of sp³-hybridized carbons (Fsp3) is 0.667. The van der Waals surface area contributed by atoms with Gasteiger partial charge in [0.15, 0.2) is 0 Å². The molecule has 0 heterocycles. The summed E-state index contributed by atoms with van der Waals surface area (Å²) in [6, 6.07) is 0. The molecule has 0 aromatic heterocycles. The second-order valence-corrected chi connectivity index (χ2v) is 1.84. The third-order valence-corrected chi connectivity index (χ3v) is 1.23. The van der Waals surface area contributed by atoms with Gasteiger partial charge in [0.25, 0.3) is 0 Å². The monoisotopic (exact) mass is 114 g/mol. The summed E-state index contributed by atoms with van der Waals surface area (Å²) in [6.45, 7) is 4.53. The van der Waals surface area contributed by atoms with Crippen molar-refractivity contribution < 1.29 is 0 Å². The molecule has 0 radical (unpaired) electrons. The van der Waals surface area contributed by atoms with Crippen molar-refractivity contribution in [1.82, 2.24) is 0 Å². The largest absolute Gasteiger partial charge is 0.402 e. The summed E-state index contributed by atoms with van der Waals surface area (Å²) in [6.07, 6.45) is 0.971. The molecule has 0 saturated carbocycles. The topological polar surface area (TPSA) is 52.0 Å². The number of allylic oxidation sites excluding steroid dienone is 1. The molecule has 0 aromatic rings.